The minimum absolute atomic E-state index is 0.0161. The zero-order valence-electron chi connectivity index (χ0n) is 17.7. The Kier molecular flexibility index (Phi) is 7.76. The predicted octanol–water partition coefficient (Wildman–Crippen LogP) is 5.01. The fourth-order valence-electron chi connectivity index (χ4n) is 3.17. The molecule has 1 N–H and O–H groups in total. The number of carbonyl (C=O) groups is 1. The number of alkyl halides is 3. The van der Waals surface area contributed by atoms with Gasteiger partial charge in [-0.15, -0.1) is 0 Å². The van der Waals surface area contributed by atoms with Crippen molar-refractivity contribution in [2.45, 2.75) is 51.7 Å². The molecule has 4 nitrogen and oxygen atoms in total. The van der Waals surface area contributed by atoms with Gasteiger partial charge in [0, 0.05) is 12.0 Å². The number of halogens is 3. The lowest BCUT2D eigenvalue weighted by Gasteiger charge is -2.27. The molecule has 0 aliphatic heterocycles. The number of methoxy groups -OCH3 is 1. The third-order valence-electron chi connectivity index (χ3n) is 4.63. The summed E-state index contributed by atoms with van der Waals surface area (Å²) >= 11 is 0. The Balaban J connectivity index is 1.92. The Labute approximate surface area is 175 Å². The Morgan fingerprint density at radius 2 is 1.77 bits per heavy atom. The van der Waals surface area contributed by atoms with Crippen LogP contribution in [-0.2, 0) is 17.6 Å². The maximum atomic E-state index is 12.4. The molecule has 0 aliphatic rings. The largest absolute Gasteiger partial charge is 0.493 e. The summed E-state index contributed by atoms with van der Waals surface area (Å²) in [6.07, 6.45) is -3.03. The van der Waals surface area contributed by atoms with Crippen LogP contribution in [-0.4, -0.2) is 31.3 Å². The van der Waals surface area contributed by atoms with Crippen molar-refractivity contribution < 1.29 is 27.4 Å². The second kappa shape index (κ2) is 9.87. The van der Waals surface area contributed by atoms with Crippen molar-refractivity contribution >= 4 is 5.91 Å². The van der Waals surface area contributed by atoms with Crippen molar-refractivity contribution in [3.63, 3.8) is 0 Å². The minimum atomic E-state index is -4.42. The van der Waals surface area contributed by atoms with Crippen LogP contribution in [0.2, 0.25) is 0 Å². The number of ether oxygens (including phenoxy) is 2. The molecule has 7 heteroatoms. The molecule has 1 amide bonds. The third kappa shape index (κ3) is 7.61. The van der Waals surface area contributed by atoms with Gasteiger partial charge in [-0.1, -0.05) is 30.3 Å². The van der Waals surface area contributed by atoms with E-state index in [0.717, 1.165) is 5.56 Å². The van der Waals surface area contributed by atoms with Crippen LogP contribution in [0, 0.1) is 6.92 Å². The molecule has 164 valence electrons. The van der Waals surface area contributed by atoms with Crippen molar-refractivity contribution in [2.75, 3.05) is 13.7 Å². The van der Waals surface area contributed by atoms with E-state index in [1.807, 2.05) is 39.0 Å². The molecular weight excluding hydrogens is 395 g/mol. The third-order valence-corrected chi connectivity index (χ3v) is 4.63. The Hall–Kier alpha value is -2.70. The first kappa shape index (κ1) is 23.6. The lowest BCUT2D eigenvalue weighted by molar-refractivity contribution is -0.153. The standard InChI is InChI=1S/C23H28F3NO3/c1-16-7-5-6-8-18(16)14-22(2,3)27-21(28)12-10-17-9-11-19(20(13-17)29-4)30-15-23(24,25)26/h5-9,11,13H,10,12,14-15H2,1-4H3,(H,27,28). The predicted molar refractivity (Wildman–Crippen MR) is 110 cm³/mol. The molecule has 0 saturated heterocycles. The molecule has 2 aromatic carbocycles. The van der Waals surface area contributed by atoms with Crippen molar-refractivity contribution in [1.29, 1.82) is 0 Å². The van der Waals surface area contributed by atoms with E-state index in [2.05, 4.69) is 11.4 Å². The highest BCUT2D eigenvalue weighted by Crippen LogP contribution is 2.30. The van der Waals surface area contributed by atoms with Crippen LogP contribution in [0.25, 0.3) is 0 Å². The fraction of sp³-hybridized carbons (Fsp3) is 0.435. The van der Waals surface area contributed by atoms with Gasteiger partial charge in [0.15, 0.2) is 18.1 Å². The van der Waals surface area contributed by atoms with Gasteiger partial charge in [-0.25, -0.2) is 0 Å². The van der Waals surface area contributed by atoms with E-state index in [-0.39, 0.29) is 23.8 Å². The fourth-order valence-corrected chi connectivity index (χ4v) is 3.17. The van der Waals surface area contributed by atoms with Gasteiger partial charge in [0.2, 0.25) is 5.91 Å². The number of hydrogen-bond acceptors (Lipinski definition) is 3. The molecule has 0 atom stereocenters. The molecule has 30 heavy (non-hydrogen) atoms. The second-order valence-corrected chi connectivity index (χ2v) is 7.92. The SMILES string of the molecule is COc1cc(CCC(=O)NC(C)(C)Cc2ccccc2C)ccc1OCC(F)(F)F. The maximum absolute atomic E-state index is 12.4. The average Bonchev–Trinajstić information content (AvgIpc) is 2.65. The van der Waals surface area contributed by atoms with E-state index < -0.39 is 18.3 Å². The van der Waals surface area contributed by atoms with Crippen molar-refractivity contribution in [1.82, 2.24) is 5.32 Å². The van der Waals surface area contributed by atoms with Gasteiger partial charge in [-0.05, 0) is 62.4 Å². The first-order valence-corrected chi connectivity index (χ1v) is 9.71. The van der Waals surface area contributed by atoms with Crippen molar-refractivity contribution in [3.05, 3.63) is 59.2 Å². The summed E-state index contributed by atoms with van der Waals surface area (Å²) in [5.74, 6) is 0.129. The van der Waals surface area contributed by atoms with E-state index in [1.54, 1.807) is 12.1 Å². The van der Waals surface area contributed by atoms with Crippen LogP contribution in [0.4, 0.5) is 13.2 Å². The molecule has 2 rings (SSSR count). The zero-order valence-corrected chi connectivity index (χ0v) is 17.7. The molecule has 0 bridgehead atoms. The highest BCUT2D eigenvalue weighted by Gasteiger charge is 2.29. The summed E-state index contributed by atoms with van der Waals surface area (Å²) in [5.41, 5.74) is 2.73. The summed E-state index contributed by atoms with van der Waals surface area (Å²) in [6, 6.07) is 12.7. The molecule has 0 aromatic heterocycles. The van der Waals surface area contributed by atoms with E-state index in [0.29, 0.717) is 12.8 Å². The zero-order chi connectivity index (χ0) is 22.4. The van der Waals surface area contributed by atoms with Gasteiger partial charge < -0.3 is 14.8 Å². The summed E-state index contributed by atoms with van der Waals surface area (Å²) in [5, 5.41) is 3.06. The van der Waals surface area contributed by atoms with E-state index in [1.165, 1.54) is 24.3 Å². The Bertz CT molecular complexity index is 863. The van der Waals surface area contributed by atoms with E-state index >= 15 is 0 Å². The Morgan fingerprint density at radius 1 is 1.07 bits per heavy atom. The summed E-state index contributed by atoms with van der Waals surface area (Å²) in [6.45, 7) is 4.62. The molecule has 0 fully saturated rings. The van der Waals surface area contributed by atoms with Crippen LogP contribution >= 0.6 is 0 Å². The van der Waals surface area contributed by atoms with Crippen molar-refractivity contribution in [2.24, 2.45) is 0 Å². The maximum Gasteiger partial charge on any atom is 0.422 e. The molecule has 0 unspecified atom stereocenters. The monoisotopic (exact) mass is 423 g/mol. The first-order valence-electron chi connectivity index (χ1n) is 9.71. The van der Waals surface area contributed by atoms with Crippen LogP contribution in [0.15, 0.2) is 42.5 Å². The smallest absolute Gasteiger partial charge is 0.422 e. The number of aryl methyl sites for hydroxylation is 2. The van der Waals surface area contributed by atoms with Gasteiger partial charge >= 0.3 is 6.18 Å². The number of carbonyl (C=O) groups excluding carboxylic acids is 1. The van der Waals surface area contributed by atoms with Crippen LogP contribution in [0.1, 0.15) is 37.0 Å². The molecule has 0 spiro atoms. The molecule has 0 heterocycles. The number of rotatable bonds is 9. The summed E-state index contributed by atoms with van der Waals surface area (Å²) in [4.78, 5) is 12.4. The number of amides is 1. The number of benzene rings is 2. The molecule has 0 radical (unpaired) electrons. The van der Waals surface area contributed by atoms with E-state index in [4.69, 9.17) is 9.47 Å². The van der Waals surface area contributed by atoms with Gasteiger partial charge in [-0.2, -0.15) is 13.2 Å². The molecule has 0 saturated carbocycles. The summed E-state index contributed by atoms with van der Waals surface area (Å²) in [7, 11) is 1.36. The quantitative estimate of drug-likeness (QED) is 0.617. The van der Waals surface area contributed by atoms with Crippen LogP contribution in [0.3, 0.4) is 0 Å². The number of hydrogen-bond donors (Lipinski definition) is 1. The highest BCUT2D eigenvalue weighted by atomic mass is 19.4. The molecule has 0 aliphatic carbocycles. The highest BCUT2D eigenvalue weighted by molar-refractivity contribution is 5.77. The first-order chi connectivity index (χ1) is 14.0. The normalized spacial score (nSPS) is 11.8. The lowest BCUT2D eigenvalue weighted by atomic mass is 9.92. The minimum Gasteiger partial charge on any atom is -0.493 e. The topological polar surface area (TPSA) is 47.6 Å². The van der Waals surface area contributed by atoms with Gasteiger partial charge in [0.1, 0.15) is 0 Å². The van der Waals surface area contributed by atoms with Crippen molar-refractivity contribution in [3.8, 4) is 11.5 Å². The Morgan fingerprint density at radius 3 is 2.40 bits per heavy atom. The molecule has 2 aromatic rings. The molecular formula is C23H28F3NO3. The summed E-state index contributed by atoms with van der Waals surface area (Å²) < 4.78 is 47.0. The van der Waals surface area contributed by atoms with E-state index in [9.17, 15) is 18.0 Å². The van der Waals surface area contributed by atoms with Gasteiger partial charge in [0.05, 0.1) is 7.11 Å². The van der Waals surface area contributed by atoms with Crippen LogP contribution in [0.5, 0.6) is 11.5 Å². The van der Waals surface area contributed by atoms with Gasteiger partial charge in [-0.3, -0.25) is 4.79 Å². The number of nitrogens with one attached hydrogen (secondary N) is 1. The second-order valence-electron chi connectivity index (χ2n) is 7.92. The average molecular weight is 423 g/mol. The lowest BCUT2D eigenvalue weighted by Crippen LogP contribution is -2.45. The van der Waals surface area contributed by atoms with Crippen LogP contribution < -0.4 is 14.8 Å². The van der Waals surface area contributed by atoms with Gasteiger partial charge in [0.25, 0.3) is 0 Å².